The Morgan fingerprint density at radius 3 is 2.58 bits per heavy atom. The lowest BCUT2D eigenvalue weighted by Crippen LogP contribution is -2.45. The molecular weight excluding hydrogens is 312 g/mol. The van der Waals surface area contributed by atoms with Crippen molar-refractivity contribution in [2.24, 2.45) is 5.73 Å². The van der Waals surface area contributed by atoms with E-state index in [1.54, 1.807) is 6.20 Å². The van der Waals surface area contributed by atoms with Crippen LogP contribution in [-0.4, -0.2) is 35.0 Å². The number of carbonyl (C=O) groups is 1. The molecule has 4 N–H and O–H groups in total. The van der Waals surface area contributed by atoms with Crippen molar-refractivity contribution in [3.8, 4) is 0 Å². The maximum Gasteiger partial charge on any atom is 0.407 e. The number of aromatic nitrogens is 2. The molecule has 1 rings (SSSR count). The summed E-state index contributed by atoms with van der Waals surface area (Å²) in [5, 5.41) is 9.59. The van der Waals surface area contributed by atoms with Crippen LogP contribution in [0.4, 0.5) is 4.79 Å². The third-order valence-corrected chi connectivity index (χ3v) is 3.27. The number of carbonyl (C=O) groups excluding carboxylic acids is 1. The average Bonchev–Trinajstić information content (AvgIpc) is 2.71. The summed E-state index contributed by atoms with van der Waals surface area (Å²) in [5.74, 6) is 0. The van der Waals surface area contributed by atoms with Gasteiger partial charge in [-0.25, -0.2) is 4.79 Å². The number of rotatable bonds is 4. The highest BCUT2D eigenvalue weighted by Gasteiger charge is 2.30. The van der Waals surface area contributed by atoms with Crippen LogP contribution in [0.2, 0.25) is 0 Å². The number of aromatic amines is 1. The van der Waals surface area contributed by atoms with E-state index in [0.717, 1.165) is 10.2 Å². The van der Waals surface area contributed by atoms with Crippen molar-refractivity contribution in [2.45, 2.75) is 38.7 Å². The average molecular weight is 333 g/mol. The maximum absolute atomic E-state index is 11.7. The normalized spacial score (nSPS) is 14.8. The molecule has 0 radical (unpaired) electrons. The third kappa shape index (κ3) is 4.50. The van der Waals surface area contributed by atoms with E-state index in [4.69, 9.17) is 10.5 Å². The van der Waals surface area contributed by atoms with E-state index in [9.17, 15) is 4.79 Å². The fraction of sp³-hybridized carbons (Fsp3) is 0.667. The number of nitrogens with two attached hydrogens (primary N) is 1. The molecule has 0 aliphatic rings. The number of amides is 1. The van der Waals surface area contributed by atoms with Gasteiger partial charge in [-0.3, -0.25) is 5.10 Å². The van der Waals surface area contributed by atoms with Crippen molar-refractivity contribution in [1.82, 2.24) is 15.5 Å². The minimum atomic E-state index is -0.516. The lowest BCUT2D eigenvalue weighted by molar-refractivity contribution is 0.0516. The van der Waals surface area contributed by atoms with Gasteiger partial charge in [-0.15, -0.1) is 0 Å². The molecule has 0 saturated carbocycles. The van der Waals surface area contributed by atoms with Gasteiger partial charge in [0.2, 0.25) is 0 Å². The molecule has 1 aromatic rings. The molecule has 0 aliphatic carbocycles. The van der Waals surface area contributed by atoms with Crippen molar-refractivity contribution in [3.63, 3.8) is 0 Å². The van der Waals surface area contributed by atoms with Gasteiger partial charge in [-0.2, -0.15) is 5.10 Å². The van der Waals surface area contributed by atoms with Crippen molar-refractivity contribution in [3.05, 3.63) is 16.4 Å². The molecule has 0 bridgehead atoms. The fourth-order valence-electron chi connectivity index (χ4n) is 1.54. The molecule has 0 aliphatic heterocycles. The minimum absolute atomic E-state index is 0.360. The van der Waals surface area contributed by atoms with Gasteiger partial charge in [-0.05, 0) is 36.7 Å². The quantitative estimate of drug-likeness (QED) is 0.785. The summed E-state index contributed by atoms with van der Waals surface area (Å²) in [6, 6.07) is 0. The van der Waals surface area contributed by atoms with Crippen LogP contribution in [0.25, 0.3) is 0 Å². The number of H-pyrrole nitrogens is 1. The summed E-state index contributed by atoms with van der Waals surface area (Å²) < 4.78 is 6.04. The van der Waals surface area contributed by atoms with Gasteiger partial charge in [0.1, 0.15) is 5.60 Å². The fourth-order valence-corrected chi connectivity index (χ4v) is 2.21. The van der Waals surface area contributed by atoms with Crippen LogP contribution in [-0.2, 0) is 10.2 Å². The Labute approximate surface area is 121 Å². The largest absolute Gasteiger partial charge is 0.444 e. The van der Waals surface area contributed by atoms with Crippen LogP contribution in [0.5, 0.6) is 0 Å². The molecule has 1 amide bonds. The molecule has 6 nitrogen and oxygen atoms in total. The number of hydrogen-bond acceptors (Lipinski definition) is 4. The zero-order valence-corrected chi connectivity index (χ0v) is 13.3. The van der Waals surface area contributed by atoms with Gasteiger partial charge in [0, 0.05) is 18.5 Å². The highest BCUT2D eigenvalue weighted by atomic mass is 79.9. The predicted octanol–water partition coefficient (Wildman–Crippen LogP) is 1.91. The summed E-state index contributed by atoms with van der Waals surface area (Å²) >= 11 is 3.41. The van der Waals surface area contributed by atoms with E-state index >= 15 is 0 Å². The number of hydrogen-bond donors (Lipinski definition) is 3. The molecule has 7 heteroatoms. The predicted molar refractivity (Wildman–Crippen MR) is 76.9 cm³/mol. The number of nitrogens with zero attached hydrogens (tertiary/aromatic N) is 1. The summed E-state index contributed by atoms with van der Waals surface area (Å²) in [6.07, 6.45) is 1.21. The Kier molecular flexibility index (Phi) is 4.98. The number of nitrogens with one attached hydrogen (secondary N) is 2. The number of ether oxygens (including phenoxy) is 1. The Hall–Kier alpha value is -1.08. The van der Waals surface area contributed by atoms with Crippen LogP contribution in [0.3, 0.4) is 0 Å². The highest BCUT2D eigenvalue weighted by Crippen LogP contribution is 2.27. The van der Waals surface area contributed by atoms with E-state index in [2.05, 4.69) is 31.4 Å². The van der Waals surface area contributed by atoms with Crippen LogP contribution in [0.1, 0.15) is 33.4 Å². The summed E-state index contributed by atoms with van der Waals surface area (Å²) in [7, 11) is 0. The molecule has 1 atom stereocenters. The van der Waals surface area contributed by atoms with Crippen molar-refractivity contribution in [2.75, 3.05) is 13.1 Å². The monoisotopic (exact) mass is 332 g/mol. The van der Waals surface area contributed by atoms with Crippen molar-refractivity contribution in [1.29, 1.82) is 0 Å². The molecule has 108 valence electrons. The van der Waals surface area contributed by atoms with Gasteiger partial charge < -0.3 is 15.8 Å². The molecular formula is C12H21BrN4O2. The second-order valence-corrected chi connectivity index (χ2v) is 6.57. The summed E-state index contributed by atoms with van der Waals surface area (Å²) in [6.45, 7) is 8.13. The number of alkyl carbamates (subject to hydrolysis) is 1. The molecule has 1 unspecified atom stereocenters. The molecule has 19 heavy (non-hydrogen) atoms. The molecule has 0 aromatic carbocycles. The van der Waals surface area contributed by atoms with E-state index in [0.29, 0.717) is 13.1 Å². The van der Waals surface area contributed by atoms with Crippen LogP contribution < -0.4 is 11.1 Å². The third-order valence-electron chi connectivity index (χ3n) is 2.67. The van der Waals surface area contributed by atoms with Crippen LogP contribution >= 0.6 is 15.9 Å². The van der Waals surface area contributed by atoms with Crippen molar-refractivity contribution < 1.29 is 9.53 Å². The topological polar surface area (TPSA) is 93.0 Å². The first-order chi connectivity index (χ1) is 8.68. The first kappa shape index (κ1) is 16.0. The van der Waals surface area contributed by atoms with Gasteiger partial charge in [-0.1, -0.05) is 6.92 Å². The molecule has 1 aromatic heterocycles. The van der Waals surface area contributed by atoms with E-state index < -0.39 is 17.1 Å². The zero-order chi connectivity index (χ0) is 14.7. The Balaban J connectivity index is 2.68. The molecule has 0 fully saturated rings. The van der Waals surface area contributed by atoms with E-state index in [1.165, 1.54) is 0 Å². The second kappa shape index (κ2) is 5.92. The first-order valence-corrected chi connectivity index (χ1v) is 6.83. The van der Waals surface area contributed by atoms with Crippen molar-refractivity contribution >= 4 is 22.0 Å². The van der Waals surface area contributed by atoms with Gasteiger partial charge in [0.05, 0.1) is 16.4 Å². The van der Waals surface area contributed by atoms with E-state index in [1.807, 2.05) is 27.7 Å². The van der Waals surface area contributed by atoms with Crippen LogP contribution in [0, 0.1) is 0 Å². The van der Waals surface area contributed by atoms with Gasteiger partial charge in [0.15, 0.2) is 0 Å². The van der Waals surface area contributed by atoms with Gasteiger partial charge in [0.25, 0.3) is 0 Å². The highest BCUT2D eigenvalue weighted by molar-refractivity contribution is 9.10. The Morgan fingerprint density at radius 1 is 1.53 bits per heavy atom. The SMILES string of the molecule is CC(C)(C)OC(=O)NCC(C)(CN)c1[nH]ncc1Br. The lowest BCUT2D eigenvalue weighted by Gasteiger charge is -2.28. The summed E-state index contributed by atoms with van der Waals surface area (Å²) in [4.78, 5) is 11.7. The van der Waals surface area contributed by atoms with E-state index in [-0.39, 0.29) is 0 Å². The Morgan fingerprint density at radius 2 is 2.16 bits per heavy atom. The maximum atomic E-state index is 11.7. The smallest absolute Gasteiger partial charge is 0.407 e. The second-order valence-electron chi connectivity index (χ2n) is 5.71. The minimum Gasteiger partial charge on any atom is -0.444 e. The molecule has 0 spiro atoms. The van der Waals surface area contributed by atoms with Crippen LogP contribution in [0.15, 0.2) is 10.7 Å². The molecule has 0 saturated heterocycles. The Bertz CT molecular complexity index is 441. The molecule has 1 heterocycles. The standard InChI is InChI=1S/C12H21BrN4O2/c1-11(2,3)19-10(18)15-7-12(4,6-14)9-8(13)5-16-17-9/h5H,6-7,14H2,1-4H3,(H,15,18)(H,16,17). The lowest BCUT2D eigenvalue weighted by atomic mass is 9.87. The first-order valence-electron chi connectivity index (χ1n) is 6.04. The number of halogens is 1. The summed E-state index contributed by atoms with van der Waals surface area (Å²) in [5.41, 5.74) is 5.72. The van der Waals surface area contributed by atoms with Gasteiger partial charge >= 0.3 is 6.09 Å². The zero-order valence-electron chi connectivity index (χ0n) is 11.7.